The second-order valence-corrected chi connectivity index (χ2v) is 5.65. The highest BCUT2D eigenvalue weighted by atomic mass is 16.6. The van der Waals surface area contributed by atoms with Crippen LogP contribution in [-0.4, -0.2) is 84.0 Å². The molecule has 0 aromatic rings. The number of aliphatic hydroxyl groups is 1. The first-order valence-corrected chi connectivity index (χ1v) is 8.80. The minimum Gasteiger partial charge on any atom is -0.394 e. The average Bonchev–Trinajstić information content (AvgIpc) is 2.62. The van der Waals surface area contributed by atoms with Crippen LogP contribution in [0, 0.1) is 11.2 Å². The highest BCUT2D eigenvalue weighted by molar-refractivity contribution is 6.67. The number of nitrogens with zero attached hydrogens (tertiary/aromatic N) is 1. The molecule has 1 aliphatic rings. The summed E-state index contributed by atoms with van der Waals surface area (Å²) in [5.41, 5.74) is 0. The molecule has 0 amide bonds. The molecule has 0 spiro atoms. The number of aliphatic hydroxyl groups excluding tert-OH is 1. The molecule has 0 bridgehead atoms. The van der Waals surface area contributed by atoms with Crippen molar-refractivity contribution in [3.63, 3.8) is 0 Å². The summed E-state index contributed by atoms with van der Waals surface area (Å²) in [7, 11) is 0. The summed E-state index contributed by atoms with van der Waals surface area (Å²) in [6.45, 7) is 4.91. The zero-order chi connectivity index (χ0) is 17.3. The number of hydrogen-bond acceptors (Lipinski definition) is 7. The molecule has 0 saturated carbocycles. The SMILES string of the molecule is N#CB1CCC(OCCOCCOCCOCCOCCO)CC1. The summed E-state index contributed by atoms with van der Waals surface area (Å²) >= 11 is 0. The third kappa shape index (κ3) is 11.8. The van der Waals surface area contributed by atoms with Gasteiger partial charge < -0.3 is 28.8 Å². The molecule has 8 heteroatoms. The summed E-state index contributed by atoms with van der Waals surface area (Å²) in [6.07, 6.45) is 4.14. The highest BCUT2D eigenvalue weighted by Gasteiger charge is 2.24. The number of rotatable bonds is 15. The maximum absolute atomic E-state index is 8.84. The van der Waals surface area contributed by atoms with Crippen LogP contribution in [0.15, 0.2) is 0 Å². The molecule has 7 nitrogen and oxygen atoms in total. The van der Waals surface area contributed by atoms with Gasteiger partial charge in [0.1, 0.15) is 0 Å². The van der Waals surface area contributed by atoms with Gasteiger partial charge >= 0.3 is 0 Å². The molecule has 1 rings (SSSR count). The molecular weight excluding hydrogens is 313 g/mol. The maximum atomic E-state index is 8.84. The molecule has 0 aromatic carbocycles. The van der Waals surface area contributed by atoms with Crippen molar-refractivity contribution in [2.75, 3.05) is 66.1 Å². The van der Waals surface area contributed by atoms with E-state index in [0.717, 1.165) is 25.5 Å². The van der Waals surface area contributed by atoms with E-state index in [0.29, 0.717) is 59.5 Å². The minimum atomic E-state index is 0.0382. The maximum Gasteiger partial charge on any atom is 0.268 e. The van der Waals surface area contributed by atoms with Crippen molar-refractivity contribution in [1.82, 2.24) is 0 Å². The standard InChI is InChI=1S/C16H30BNO6/c18-15-17-3-1-16(2-4-17)24-14-13-23-12-11-22-10-9-21-8-7-20-6-5-19/h16,19H,1-14H2. The lowest BCUT2D eigenvalue weighted by atomic mass is 9.42. The molecule has 0 aliphatic carbocycles. The van der Waals surface area contributed by atoms with E-state index in [1.807, 2.05) is 0 Å². The van der Waals surface area contributed by atoms with Crippen LogP contribution in [0.1, 0.15) is 12.8 Å². The van der Waals surface area contributed by atoms with Crippen LogP contribution in [0.4, 0.5) is 0 Å². The Balaban J connectivity index is 1.73. The molecule has 0 atom stereocenters. The lowest BCUT2D eigenvalue weighted by molar-refractivity contribution is -0.0254. The second-order valence-electron chi connectivity index (χ2n) is 5.65. The van der Waals surface area contributed by atoms with Crippen molar-refractivity contribution in [1.29, 1.82) is 5.26 Å². The van der Waals surface area contributed by atoms with Gasteiger partial charge in [0.2, 0.25) is 0 Å². The quantitative estimate of drug-likeness (QED) is 0.347. The third-order valence-corrected chi connectivity index (χ3v) is 3.79. The van der Waals surface area contributed by atoms with E-state index < -0.39 is 0 Å². The van der Waals surface area contributed by atoms with E-state index in [9.17, 15) is 0 Å². The van der Waals surface area contributed by atoms with Crippen LogP contribution in [0.3, 0.4) is 0 Å². The summed E-state index contributed by atoms with van der Waals surface area (Å²) in [6, 6.07) is 0. The van der Waals surface area contributed by atoms with Gasteiger partial charge in [-0.1, -0.05) is 12.6 Å². The molecule has 138 valence electrons. The third-order valence-electron chi connectivity index (χ3n) is 3.79. The van der Waals surface area contributed by atoms with Gasteiger partial charge in [0.15, 0.2) is 0 Å². The van der Waals surface area contributed by atoms with Crippen molar-refractivity contribution < 1.29 is 28.8 Å². The summed E-state index contributed by atoms with van der Waals surface area (Å²) in [4.78, 5) is 0. The van der Waals surface area contributed by atoms with Gasteiger partial charge in [0, 0.05) is 5.97 Å². The highest BCUT2D eigenvalue weighted by Crippen LogP contribution is 2.21. The van der Waals surface area contributed by atoms with E-state index in [2.05, 4.69) is 5.97 Å². The van der Waals surface area contributed by atoms with Crippen molar-refractivity contribution in [3.8, 4) is 5.97 Å². The van der Waals surface area contributed by atoms with Crippen molar-refractivity contribution in [2.24, 2.45) is 0 Å². The van der Waals surface area contributed by atoms with Crippen LogP contribution in [0.5, 0.6) is 0 Å². The Morgan fingerprint density at radius 2 is 1.25 bits per heavy atom. The predicted molar refractivity (Wildman–Crippen MR) is 90.3 cm³/mol. The summed E-state index contributed by atoms with van der Waals surface area (Å²) in [5.74, 6) is 2.33. The fraction of sp³-hybridized carbons (Fsp3) is 0.938. The average molecular weight is 343 g/mol. The predicted octanol–water partition coefficient (Wildman–Crippen LogP) is 0.782. The zero-order valence-corrected chi connectivity index (χ0v) is 14.5. The molecule has 1 fully saturated rings. The lowest BCUT2D eigenvalue weighted by Gasteiger charge is -2.23. The number of nitriles is 1. The van der Waals surface area contributed by atoms with E-state index >= 15 is 0 Å². The Morgan fingerprint density at radius 1 is 0.792 bits per heavy atom. The zero-order valence-electron chi connectivity index (χ0n) is 14.5. The number of hydrogen-bond donors (Lipinski definition) is 1. The van der Waals surface area contributed by atoms with E-state index in [1.165, 1.54) is 0 Å². The first-order valence-electron chi connectivity index (χ1n) is 8.80. The van der Waals surface area contributed by atoms with Gasteiger partial charge in [-0.15, -0.1) is 0 Å². The fourth-order valence-corrected chi connectivity index (χ4v) is 2.46. The van der Waals surface area contributed by atoms with Crippen molar-refractivity contribution in [2.45, 2.75) is 31.6 Å². The smallest absolute Gasteiger partial charge is 0.268 e. The van der Waals surface area contributed by atoms with Gasteiger partial charge in [-0.25, -0.2) is 5.26 Å². The van der Waals surface area contributed by atoms with Crippen LogP contribution in [-0.2, 0) is 23.7 Å². The fourth-order valence-electron chi connectivity index (χ4n) is 2.46. The second kappa shape index (κ2) is 15.8. The van der Waals surface area contributed by atoms with Crippen LogP contribution >= 0.6 is 0 Å². The Labute approximate surface area is 145 Å². The summed E-state index contributed by atoms with van der Waals surface area (Å²) < 4.78 is 26.9. The Bertz CT molecular complexity index is 320. The van der Waals surface area contributed by atoms with E-state index in [1.54, 1.807) is 0 Å². The normalized spacial score (nSPS) is 15.6. The monoisotopic (exact) mass is 343 g/mol. The molecular formula is C16H30BNO6. The van der Waals surface area contributed by atoms with Gasteiger partial charge in [-0.05, 0) is 12.8 Å². The van der Waals surface area contributed by atoms with Gasteiger partial charge in [0.05, 0.1) is 72.2 Å². The van der Waals surface area contributed by atoms with Crippen LogP contribution in [0.2, 0.25) is 12.6 Å². The summed E-state index contributed by atoms with van der Waals surface area (Å²) in [5, 5.41) is 17.4. The largest absolute Gasteiger partial charge is 0.394 e. The molecule has 0 radical (unpaired) electrons. The van der Waals surface area contributed by atoms with Gasteiger partial charge in [-0.3, -0.25) is 0 Å². The van der Waals surface area contributed by atoms with Crippen LogP contribution < -0.4 is 0 Å². The van der Waals surface area contributed by atoms with Crippen LogP contribution in [0.25, 0.3) is 0 Å². The lowest BCUT2D eigenvalue weighted by Crippen LogP contribution is -2.26. The van der Waals surface area contributed by atoms with Gasteiger partial charge in [0.25, 0.3) is 6.71 Å². The molecule has 1 aliphatic heterocycles. The molecule has 1 heterocycles. The molecule has 1 saturated heterocycles. The molecule has 24 heavy (non-hydrogen) atoms. The minimum absolute atomic E-state index is 0.0382. The Morgan fingerprint density at radius 3 is 1.71 bits per heavy atom. The van der Waals surface area contributed by atoms with Gasteiger partial charge in [-0.2, -0.15) is 0 Å². The Kier molecular flexibility index (Phi) is 14.1. The van der Waals surface area contributed by atoms with E-state index in [-0.39, 0.29) is 19.4 Å². The number of ether oxygens (including phenoxy) is 5. The molecule has 1 N–H and O–H groups in total. The van der Waals surface area contributed by atoms with E-state index in [4.69, 9.17) is 34.1 Å². The first-order chi connectivity index (χ1) is 11.9. The van der Waals surface area contributed by atoms with Crippen molar-refractivity contribution in [3.05, 3.63) is 0 Å². The molecule has 0 unspecified atom stereocenters. The van der Waals surface area contributed by atoms with Crippen molar-refractivity contribution >= 4 is 6.71 Å². The topological polar surface area (TPSA) is 90.2 Å². The molecule has 0 aromatic heterocycles. The first kappa shape index (κ1) is 21.4. The Hall–Kier alpha value is -0.685.